The molecule has 0 aliphatic carbocycles. The molecule has 0 saturated heterocycles. The topological polar surface area (TPSA) is 87.3 Å². The maximum atomic E-state index is 12.7. The van der Waals surface area contributed by atoms with Gasteiger partial charge in [0.2, 0.25) is 11.8 Å². The summed E-state index contributed by atoms with van der Waals surface area (Å²) < 4.78 is 0. The van der Waals surface area contributed by atoms with Gasteiger partial charge in [-0.2, -0.15) is 0 Å². The van der Waals surface area contributed by atoms with Gasteiger partial charge in [0, 0.05) is 19.2 Å². The molecule has 0 aromatic heterocycles. The largest absolute Gasteiger partial charge is 0.348 e. The summed E-state index contributed by atoms with van der Waals surface area (Å²) in [6.45, 7) is 3.86. The van der Waals surface area contributed by atoms with Crippen LogP contribution in [0, 0.1) is 6.92 Å². The average molecular weight is 415 g/mol. The highest BCUT2D eigenvalue weighted by Gasteiger charge is 2.13. The van der Waals surface area contributed by atoms with E-state index < -0.39 is 0 Å². The molecule has 0 bridgehead atoms. The summed E-state index contributed by atoms with van der Waals surface area (Å²) in [4.78, 5) is 36.3. The van der Waals surface area contributed by atoms with Crippen LogP contribution in [0.1, 0.15) is 34.0 Å². The average Bonchev–Trinajstić information content (AvgIpc) is 2.74. The molecule has 3 aromatic rings. The van der Waals surface area contributed by atoms with E-state index in [-0.39, 0.29) is 24.1 Å². The number of hydrogen-bond acceptors (Lipinski definition) is 3. The monoisotopic (exact) mass is 415 g/mol. The number of rotatable bonds is 7. The lowest BCUT2D eigenvalue weighted by atomic mass is 10.1. The maximum absolute atomic E-state index is 12.7. The summed E-state index contributed by atoms with van der Waals surface area (Å²) in [7, 11) is 0. The zero-order chi connectivity index (χ0) is 22.2. The number of aryl methyl sites for hydroxylation is 1. The third kappa shape index (κ3) is 6.54. The van der Waals surface area contributed by atoms with Crippen molar-refractivity contribution in [3.8, 4) is 0 Å². The van der Waals surface area contributed by atoms with Crippen LogP contribution in [0.5, 0.6) is 0 Å². The van der Waals surface area contributed by atoms with Crippen molar-refractivity contribution >= 4 is 29.1 Å². The maximum Gasteiger partial charge on any atom is 0.253 e. The molecule has 3 N–H and O–H groups in total. The number of carbonyl (C=O) groups is 3. The summed E-state index contributed by atoms with van der Waals surface area (Å²) in [5.74, 6) is -0.634. The van der Waals surface area contributed by atoms with Gasteiger partial charge in [-0.05, 0) is 42.3 Å². The first kappa shape index (κ1) is 21.8. The SMILES string of the molecule is CC(=O)Nc1ccc(CC(=O)Nc2ccccc2C(=O)NCc2ccc(C)cc2)cc1. The Balaban J connectivity index is 1.61. The zero-order valence-corrected chi connectivity index (χ0v) is 17.6. The highest BCUT2D eigenvalue weighted by molar-refractivity contribution is 6.04. The van der Waals surface area contributed by atoms with Crippen LogP contribution in [0.2, 0.25) is 0 Å². The lowest BCUT2D eigenvalue weighted by Gasteiger charge is -2.12. The molecule has 31 heavy (non-hydrogen) atoms. The van der Waals surface area contributed by atoms with E-state index >= 15 is 0 Å². The van der Waals surface area contributed by atoms with Gasteiger partial charge in [0.05, 0.1) is 17.7 Å². The van der Waals surface area contributed by atoms with E-state index in [1.165, 1.54) is 6.92 Å². The van der Waals surface area contributed by atoms with Crippen molar-refractivity contribution in [1.82, 2.24) is 5.32 Å². The van der Waals surface area contributed by atoms with E-state index in [1.54, 1.807) is 48.5 Å². The van der Waals surface area contributed by atoms with Crippen LogP contribution in [-0.4, -0.2) is 17.7 Å². The second-order valence-electron chi connectivity index (χ2n) is 7.32. The van der Waals surface area contributed by atoms with Gasteiger partial charge in [0.25, 0.3) is 5.91 Å². The molecule has 0 aliphatic rings. The highest BCUT2D eigenvalue weighted by atomic mass is 16.2. The Bertz CT molecular complexity index is 1070. The van der Waals surface area contributed by atoms with Crippen molar-refractivity contribution in [1.29, 1.82) is 0 Å². The minimum atomic E-state index is -0.254. The van der Waals surface area contributed by atoms with Crippen LogP contribution in [0.15, 0.2) is 72.8 Å². The van der Waals surface area contributed by atoms with Crippen molar-refractivity contribution in [2.75, 3.05) is 10.6 Å². The Hall–Kier alpha value is -3.93. The van der Waals surface area contributed by atoms with Crippen LogP contribution in [-0.2, 0) is 22.6 Å². The van der Waals surface area contributed by atoms with Crippen LogP contribution < -0.4 is 16.0 Å². The molecule has 0 radical (unpaired) electrons. The third-order valence-corrected chi connectivity index (χ3v) is 4.66. The molecule has 0 saturated carbocycles. The molecule has 0 spiro atoms. The molecule has 0 aliphatic heterocycles. The quantitative estimate of drug-likeness (QED) is 0.544. The first-order chi connectivity index (χ1) is 14.9. The van der Waals surface area contributed by atoms with Crippen LogP contribution in [0.25, 0.3) is 0 Å². The fourth-order valence-corrected chi connectivity index (χ4v) is 3.06. The Labute approximate surface area is 181 Å². The summed E-state index contributed by atoms with van der Waals surface area (Å²) in [5, 5.41) is 8.41. The minimum absolute atomic E-state index is 0.150. The smallest absolute Gasteiger partial charge is 0.253 e. The second kappa shape index (κ2) is 10.2. The molecule has 6 nitrogen and oxygen atoms in total. The minimum Gasteiger partial charge on any atom is -0.348 e. The predicted molar refractivity (Wildman–Crippen MR) is 122 cm³/mol. The third-order valence-electron chi connectivity index (χ3n) is 4.66. The van der Waals surface area contributed by atoms with Gasteiger partial charge in [-0.15, -0.1) is 0 Å². The molecule has 3 amide bonds. The first-order valence-corrected chi connectivity index (χ1v) is 10.00. The van der Waals surface area contributed by atoms with E-state index in [4.69, 9.17) is 0 Å². The summed E-state index contributed by atoms with van der Waals surface area (Å²) in [6, 6.07) is 21.9. The number of anilines is 2. The molecule has 6 heteroatoms. The van der Waals surface area contributed by atoms with Gasteiger partial charge in [0.1, 0.15) is 0 Å². The second-order valence-corrected chi connectivity index (χ2v) is 7.32. The summed E-state index contributed by atoms with van der Waals surface area (Å²) in [5.41, 5.74) is 4.50. The van der Waals surface area contributed by atoms with Crippen molar-refractivity contribution in [2.24, 2.45) is 0 Å². The Morgan fingerprint density at radius 2 is 1.42 bits per heavy atom. The Morgan fingerprint density at radius 3 is 2.10 bits per heavy atom. The van der Waals surface area contributed by atoms with Crippen molar-refractivity contribution < 1.29 is 14.4 Å². The number of carbonyl (C=O) groups excluding carboxylic acids is 3. The van der Waals surface area contributed by atoms with E-state index in [1.807, 2.05) is 31.2 Å². The van der Waals surface area contributed by atoms with Gasteiger partial charge in [-0.25, -0.2) is 0 Å². The molecular formula is C25H25N3O3. The number of nitrogens with one attached hydrogen (secondary N) is 3. The van der Waals surface area contributed by atoms with Gasteiger partial charge in [-0.3, -0.25) is 14.4 Å². The Morgan fingerprint density at radius 1 is 0.774 bits per heavy atom. The molecule has 0 unspecified atom stereocenters. The molecule has 0 fully saturated rings. The molecular weight excluding hydrogens is 390 g/mol. The highest BCUT2D eigenvalue weighted by Crippen LogP contribution is 2.17. The van der Waals surface area contributed by atoms with Crippen molar-refractivity contribution in [3.63, 3.8) is 0 Å². The standard InChI is InChI=1S/C25H25N3O3/c1-17-7-9-20(10-8-17)16-26-25(31)22-5-3-4-6-23(22)28-24(30)15-19-11-13-21(14-12-19)27-18(2)29/h3-14H,15-16H2,1-2H3,(H,26,31)(H,27,29)(H,28,30). The predicted octanol–water partition coefficient (Wildman–Crippen LogP) is 4.06. The van der Waals surface area contributed by atoms with Gasteiger partial charge in [-0.1, -0.05) is 54.1 Å². The van der Waals surface area contributed by atoms with Crippen LogP contribution >= 0.6 is 0 Å². The molecule has 158 valence electrons. The van der Waals surface area contributed by atoms with E-state index in [0.29, 0.717) is 23.5 Å². The van der Waals surface area contributed by atoms with Gasteiger partial charge >= 0.3 is 0 Å². The molecule has 0 heterocycles. The zero-order valence-electron chi connectivity index (χ0n) is 17.6. The fraction of sp³-hybridized carbons (Fsp3) is 0.160. The van der Waals surface area contributed by atoms with Crippen LogP contribution in [0.4, 0.5) is 11.4 Å². The van der Waals surface area contributed by atoms with Gasteiger partial charge in [0.15, 0.2) is 0 Å². The molecule has 3 rings (SSSR count). The molecule has 3 aromatic carbocycles. The lowest BCUT2D eigenvalue weighted by Crippen LogP contribution is -2.25. The van der Waals surface area contributed by atoms with Crippen molar-refractivity contribution in [2.45, 2.75) is 26.8 Å². The Kier molecular flexibility index (Phi) is 7.17. The van der Waals surface area contributed by atoms with Crippen LogP contribution in [0.3, 0.4) is 0 Å². The number of amides is 3. The summed E-state index contributed by atoms with van der Waals surface area (Å²) >= 11 is 0. The number of hydrogen-bond donors (Lipinski definition) is 3. The van der Waals surface area contributed by atoms with E-state index in [9.17, 15) is 14.4 Å². The van der Waals surface area contributed by atoms with Crippen molar-refractivity contribution in [3.05, 3.63) is 95.1 Å². The fourth-order valence-electron chi connectivity index (χ4n) is 3.06. The normalized spacial score (nSPS) is 10.3. The summed E-state index contributed by atoms with van der Waals surface area (Å²) in [6.07, 6.45) is 0.152. The lowest BCUT2D eigenvalue weighted by molar-refractivity contribution is -0.116. The van der Waals surface area contributed by atoms with E-state index in [2.05, 4.69) is 16.0 Å². The molecule has 0 atom stereocenters. The van der Waals surface area contributed by atoms with E-state index in [0.717, 1.165) is 16.7 Å². The number of benzene rings is 3. The number of para-hydroxylation sites is 1. The van der Waals surface area contributed by atoms with Gasteiger partial charge < -0.3 is 16.0 Å². The first-order valence-electron chi connectivity index (χ1n) is 10.00.